The van der Waals surface area contributed by atoms with E-state index in [9.17, 15) is 5.11 Å². The fourth-order valence-electron chi connectivity index (χ4n) is 2.48. The monoisotopic (exact) mass is 284 g/mol. The van der Waals surface area contributed by atoms with Gasteiger partial charge in [0, 0.05) is 5.56 Å². The molecule has 1 N–H and O–H groups in total. The average molecular weight is 284 g/mol. The van der Waals surface area contributed by atoms with E-state index in [-0.39, 0.29) is 0 Å². The van der Waals surface area contributed by atoms with Gasteiger partial charge in [0.2, 0.25) is 0 Å². The van der Waals surface area contributed by atoms with Gasteiger partial charge in [-0.1, -0.05) is 62.4 Å². The minimum atomic E-state index is -0.506. The van der Waals surface area contributed by atoms with E-state index in [2.05, 4.69) is 26.0 Å². The highest BCUT2D eigenvalue weighted by Crippen LogP contribution is 2.32. The molecule has 0 radical (unpaired) electrons. The molecule has 2 nitrogen and oxygen atoms in total. The number of aliphatic hydroxyl groups is 1. The van der Waals surface area contributed by atoms with Crippen molar-refractivity contribution in [2.75, 3.05) is 6.61 Å². The van der Waals surface area contributed by atoms with E-state index in [0.29, 0.717) is 18.9 Å². The maximum atomic E-state index is 10.6. The molecule has 0 aliphatic heterocycles. The Bertz CT molecular complexity index is 536. The smallest absolute Gasteiger partial charge is 0.125 e. The van der Waals surface area contributed by atoms with E-state index in [1.165, 1.54) is 5.56 Å². The zero-order chi connectivity index (χ0) is 15.1. The highest BCUT2D eigenvalue weighted by Gasteiger charge is 2.17. The first-order valence-electron chi connectivity index (χ1n) is 7.67. The van der Waals surface area contributed by atoms with Gasteiger partial charge < -0.3 is 9.84 Å². The number of hydrogen-bond donors (Lipinski definition) is 1. The Morgan fingerprint density at radius 3 is 2.38 bits per heavy atom. The van der Waals surface area contributed by atoms with Gasteiger partial charge in [-0.25, -0.2) is 0 Å². The summed E-state index contributed by atoms with van der Waals surface area (Å²) in [4.78, 5) is 0. The molecular weight excluding hydrogens is 260 g/mol. The SMILES string of the molecule is CCCOc1ccccc1C(O)CC(C)c1ccccc1. The van der Waals surface area contributed by atoms with E-state index >= 15 is 0 Å². The van der Waals surface area contributed by atoms with Gasteiger partial charge in [-0.2, -0.15) is 0 Å². The molecule has 112 valence electrons. The molecule has 0 aliphatic carbocycles. The summed E-state index contributed by atoms with van der Waals surface area (Å²) in [5.41, 5.74) is 2.14. The lowest BCUT2D eigenvalue weighted by Crippen LogP contribution is -2.06. The maximum absolute atomic E-state index is 10.6. The summed E-state index contributed by atoms with van der Waals surface area (Å²) >= 11 is 0. The van der Waals surface area contributed by atoms with Crippen LogP contribution < -0.4 is 4.74 Å². The summed E-state index contributed by atoms with van der Waals surface area (Å²) in [7, 11) is 0. The summed E-state index contributed by atoms with van der Waals surface area (Å²) < 4.78 is 5.73. The first kappa shape index (κ1) is 15.6. The molecule has 0 bridgehead atoms. The van der Waals surface area contributed by atoms with Crippen molar-refractivity contribution < 1.29 is 9.84 Å². The Morgan fingerprint density at radius 1 is 1.00 bits per heavy atom. The maximum Gasteiger partial charge on any atom is 0.125 e. The molecule has 0 saturated heterocycles. The third-order valence-electron chi connectivity index (χ3n) is 3.69. The number of benzene rings is 2. The van der Waals surface area contributed by atoms with Gasteiger partial charge in [-0.05, 0) is 30.4 Å². The molecule has 2 atom stereocenters. The van der Waals surface area contributed by atoms with E-state index in [1.807, 2.05) is 42.5 Å². The van der Waals surface area contributed by atoms with Gasteiger partial charge in [0.25, 0.3) is 0 Å². The molecule has 0 aliphatic rings. The number of hydrogen-bond acceptors (Lipinski definition) is 2. The Labute approximate surface area is 127 Å². The van der Waals surface area contributed by atoms with Crippen LogP contribution in [0.4, 0.5) is 0 Å². The molecule has 0 fully saturated rings. The van der Waals surface area contributed by atoms with E-state index in [4.69, 9.17) is 4.74 Å². The number of rotatable bonds is 7. The largest absolute Gasteiger partial charge is 0.493 e. The van der Waals surface area contributed by atoms with Gasteiger partial charge in [0.15, 0.2) is 0 Å². The van der Waals surface area contributed by atoms with Crippen molar-refractivity contribution in [2.24, 2.45) is 0 Å². The van der Waals surface area contributed by atoms with Crippen LogP contribution in [0.15, 0.2) is 54.6 Å². The second kappa shape index (κ2) is 7.84. The predicted octanol–water partition coefficient (Wildman–Crippen LogP) is 4.70. The topological polar surface area (TPSA) is 29.5 Å². The van der Waals surface area contributed by atoms with Crippen LogP contribution in [-0.2, 0) is 0 Å². The zero-order valence-electron chi connectivity index (χ0n) is 12.8. The molecular formula is C19H24O2. The number of para-hydroxylation sites is 1. The summed E-state index contributed by atoms with van der Waals surface area (Å²) in [6, 6.07) is 18.1. The normalized spacial score (nSPS) is 13.7. The second-order valence-corrected chi connectivity index (χ2v) is 5.45. The third-order valence-corrected chi connectivity index (χ3v) is 3.69. The highest BCUT2D eigenvalue weighted by atomic mass is 16.5. The fraction of sp³-hybridized carbons (Fsp3) is 0.368. The first-order chi connectivity index (χ1) is 10.2. The Kier molecular flexibility index (Phi) is 5.82. The molecule has 2 heteroatoms. The summed E-state index contributed by atoms with van der Waals surface area (Å²) in [6.45, 7) is 4.91. The molecule has 0 spiro atoms. The minimum Gasteiger partial charge on any atom is -0.493 e. The first-order valence-corrected chi connectivity index (χ1v) is 7.67. The predicted molar refractivity (Wildman–Crippen MR) is 86.7 cm³/mol. The molecule has 0 amide bonds. The molecule has 0 saturated carbocycles. The van der Waals surface area contributed by atoms with Gasteiger partial charge >= 0.3 is 0 Å². The van der Waals surface area contributed by atoms with E-state index < -0.39 is 6.10 Å². The lowest BCUT2D eigenvalue weighted by molar-refractivity contribution is 0.154. The Morgan fingerprint density at radius 2 is 1.67 bits per heavy atom. The fourth-order valence-corrected chi connectivity index (χ4v) is 2.48. The van der Waals surface area contributed by atoms with Crippen molar-refractivity contribution >= 4 is 0 Å². The van der Waals surface area contributed by atoms with Crippen LogP contribution in [0.1, 0.15) is 49.8 Å². The van der Waals surface area contributed by atoms with Gasteiger partial charge in [-0.3, -0.25) is 0 Å². The van der Waals surface area contributed by atoms with E-state index in [0.717, 1.165) is 17.7 Å². The van der Waals surface area contributed by atoms with Crippen LogP contribution in [0, 0.1) is 0 Å². The molecule has 2 aromatic carbocycles. The molecule has 0 heterocycles. The van der Waals surface area contributed by atoms with Crippen LogP contribution in [0.25, 0.3) is 0 Å². The van der Waals surface area contributed by atoms with Crippen molar-refractivity contribution in [3.63, 3.8) is 0 Å². The lowest BCUT2D eigenvalue weighted by atomic mass is 9.92. The van der Waals surface area contributed by atoms with Crippen LogP contribution in [0.3, 0.4) is 0 Å². The van der Waals surface area contributed by atoms with E-state index in [1.54, 1.807) is 0 Å². The van der Waals surface area contributed by atoms with Crippen LogP contribution >= 0.6 is 0 Å². The van der Waals surface area contributed by atoms with Gasteiger partial charge in [-0.15, -0.1) is 0 Å². The van der Waals surface area contributed by atoms with Crippen LogP contribution in [0.2, 0.25) is 0 Å². The molecule has 0 aromatic heterocycles. The van der Waals surface area contributed by atoms with Crippen molar-refractivity contribution in [1.82, 2.24) is 0 Å². The quantitative estimate of drug-likeness (QED) is 0.798. The lowest BCUT2D eigenvalue weighted by Gasteiger charge is -2.19. The van der Waals surface area contributed by atoms with Crippen molar-refractivity contribution in [2.45, 2.75) is 38.7 Å². The van der Waals surface area contributed by atoms with Gasteiger partial charge in [0.05, 0.1) is 12.7 Å². The summed E-state index contributed by atoms with van der Waals surface area (Å²) in [5, 5.41) is 10.6. The zero-order valence-corrected chi connectivity index (χ0v) is 12.8. The molecule has 2 aromatic rings. The van der Waals surface area contributed by atoms with Gasteiger partial charge in [0.1, 0.15) is 5.75 Å². The van der Waals surface area contributed by atoms with Crippen LogP contribution in [-0.4, -0.2) is 11.7 Å². The van der Waals surface area contributed by atoms with Crippen molar-refractivity contribution in [3.8, 4) is 5.75 Å². The second-order valence-electron chi connectivity index (χ2n) is 5.45. The minimum absolute atomic E-state index is 0.306. The average Bonchev–Trinajstić information content (AvgIpc) is 2.54. The Balaban J connectivity index is 2.08. The Hall–Kier alpha value is -1.80. The van der Waals surface area contributed by atoms with Crippen LogP contribution in [0.5, 0.6) is 5.75 Å². The standard InChI is InChI=1S/C19H24O2/c1-3-13-21-19-12-8-7-11-17(19)18(20)14-15(2)16-9-5-4-6-10-16/h4-12,15,18,20H,3,13-14H2,1-2H3. The number of aliphatic hydroxyl groups excluding tert-OH is 1. The molecule has 2 rings (SSSR count). The summed E-state index contributed by atoms with van der Waals surface area (Å²) in [5.74, 6) is 1.10. The van der Waals surface area contributed by atoms with Crippen molar-refractivity contribution in [1.29, 1.82) is 0 Å². The third kappa shape index (κ3) is 4.33. The van der Waals surface area contributed by atoms with Crippen molar-refractivity contribution in [3.05, 3.63) is 65.7 Å². The molecule has 21 heavy (non-hydrogen) atoms. The number of ether oxygens (including phenoxy) is 1. The highest BCUT2D eigenvalue weighted by molar-refractivity contribution is 5.35. The summed E-state index contributed by atoms with van der Waals surface area (Å²) in [6.07, 6.45) is 1.15. The molecule has 2 unspecified atom stereocenters.